The zero-order valence-corrected chi connectivity index (χ0v) is 26.4. The standard InChI is InChI=1S/C20H18O2S.C18H14O3S/c1-2-17(21)16-13-20(16,19-11-6-12-23-19)22-18-10-5-8-14-7-3-4-9-15(14)18;19-17(20)14-11-18(14,16-9-4-10-22-16)21-15-8-3-6-12-5-1-2-7-13(12)15/h3-12,16H,2,13H2,1H3;1-10,14H,11H2,(H,19,20)/t16-,20+;14-,18+/m00/s1. The van der Waals surface area contributed by atoms with Crippen LogP contribution in [0.2, 0.25) is 0 Å². The molecule has 0 spiro atoms. The molecule has 0 bridgehead atoms. The van der Waals surface area contributed by atoms with Gasteiger partial charge in [0, 0.05) is 39.8 Å². The second-order valence-electron chi connectivity index (χ2n) is 11.6. The van der Waals surface area contributed by atoms with E-state index in [9.17, 15) is 14.7 Å². The zero-order chi connectivity index (χ0) is 31.0. The van der Waals surface area contributed by atoms with E-state index >= 15 is 0 Å². The Morgan fingerprint density at radius 1 is 0.667 bits per heavy atom. The number of ether oxygens (including phenoxy) is 2. The van der Waals surface area contributed by atoms with E-state index in [2.05, 4.69) is 29.6 Å². The van der Waals surface area contributed by atoms with E-state index in [4.69, 9.17) is 9.47 Å². The summed E-state index contributed by atoms with van der Waals surface area (Å²) in [4.78, 5) is 25.8. The van der Waals surface area contributed by atoms with Gasteiger partial charge in [0.25, 0.3) is 0 Å². The van der Waals surface area contributed by atoms with Crippen molar-refractivity contribution >= 4 is 56.0 Å². The van der Waals surface area contributed by atoms with Gasteiger partial charge in [-0.25, -0.2) is 0 Å². The van der Waals surface area contributed by atoms with E-state index in [-0.39, 0.29) is 5.92 Å². The third-order valence-corrected chi connectivity index (χ3v) is 10.9. The van der Waals surface area contributed by atoms with Crippen molar-refractivity contribution in [3.05, 3.63) is 130 Å². The zero-order valence-electron chi connectivity index (χ0n) is 24.7. The molecular formula is C38H32O5S2. The summed E-state index contributed by atoms with van der Waals surface area (Å²) in [5, 5.41) is 17.8. The van der Waals surface area contributed by atoms with E-state index in [0.29, 0.717) is 18.6 Å². The molecule has 4 aromatic carbocycles. The average Bonchev–Trinajstić information content (AvgIpc) is 3.73. The molecule has 2 aliphatic rings. The Labute approximate surface area is 269 Å². The molecule has 0 aliphatic heterocycles. The Kier molecular flexibility index (Phi) is 7.68. The molecule has 2 aromatic heterocycles. The summed E-state index contributed by atoms with van der Waals surface area (Å²) in [5.74, 6) is 0.598. The Bertz CT molecular complexity index is 1970. The number of hydrogen-bond acceptors (Lipinski definition) is 6. The van der Waals surface area contributed by atoms with E-state index in [1.54, 1.807) is 22.7 Å². The van der Waals surface area contributed by atoms with Gasteiger partial charge in [0.2, 0.25) is 0 Å². The van der Waals surface area contributed by atoms with E-state index in [1.165, 1.54) is 0 Å². The highest BCUT2D eigenvalue weighted by Gasteiger charge is 2.64. The average molecular weight is 633 g/mol. The van der Waals surface area contributed by atoms with Crippen molar-refractivity contribution < 1.29 is 24.2 Å². The van der Waals surface area contributed by atoms with Crippen LogP contribution in [-0.2, 0) is 20.8 Å². The number of fused-ring (bicyclic) bond motifs is 2. The lowest BCUT2D eigenvalue weighted by molar-refractivity contribution is -0.140. The van der Waals surface area contributed by atoms with Gasteiger partial charge in [-0.15, -0.1) is 22.7 Å². The molecule has 0 amide bonds. The third kappa shape index (κ3) is 5.40. The van der Waals surface area contributed by atoms with Crippen molar-refractivity contribution in [3.8, 4) is 11.5 Å². The largest absolute Gasteiger partial charge is 0.481 e. The quantitative estimate of drug-likeness (QED) is 0.172. The molecule has 0 radical (unpaired) electrons. The maximum absolute atomic E-state index is 12.3. The first-order valence-corrected chi connectivity index (χ1v) is 16.9. The van der Waals surface area contributed by atoms with Crippen LogP contribution < -0.4 is 9.47 Å². The Hall–Kier alpha value is -4.46. The van der Waals surface area contributed by atoms with Crippen LogP contribution in [-0.4, -0.2) is 16.9 Å². The lowest BCUT2D eigenvalue weighted by atomic mass is 10.1. The van der Waals surface area contributed by atoms with Crippen molar-refractivity contribution in [1.82, 2.24) is 0 Å². The molecule has 0 saturated heterocycles. The first kappa shape index (κ1) is 29.3. The molecule has 45 heavy (non-hydrogen) atoms. The monoisotopic (exact) mass is 632 g/mol. The van der Waals surface area contributed by atoms with Gasteiger partial charge in [-0.2, -0.15) is 0 Å². The van der Waals surface area contributed by atoms with Crippen LogP contribution in [0.4, 0.5) is 0 Å². The normalized spacial score (nSPS) is 23.1. The summed E-state index contributed by atoms with van der Waals surface area (Å²) < 4.78 is 12.8. The molecule has 0 unspecified atom stereocenters. The molecule has 2 aliphatic carbocycles. The van der Waals surface area contributed by atoms with Gasteiger partial charge in [0.15, 0.2) is 11.2 Å². The highest BCUT2D eigenvalue weighted by Crippen LogP contribution is 2.58. The molecule has 6 aromatic rings. The maximum atomic E-state index is 12.3. The topological polar surface area (TPSA) is 72.8 Å². The summed E-state index contributed by atoms with van der Waals surface area (Å²) in [6, 6.07) is 36.2. The fourth-order valence-electron chi connectivity index (χ4n) is 6.27. The van der Waals surface area contributed by atoms with E-state index in [1.807, 2.05) is 97.2 Å². The molecule has 7 heteroatoms. The van der Waals surface area contributed by atoms with E-state index in [0.717, 1.165) is 49.2 Å². The molecular weight excluding hydrogens is 601 g/mol. The molecule has 226 valence electrons. The number of hydrogen-bond donors (Lipinski definition) is 1. The maximum Gasteiger partial charge on any atom is 0.311 e. The third-order valence-electron chi connectivity index (χ3n) is 8.82. The summed E-state index contributed by atoms with van der Waals surface area (Å²) >= 11 is 3.22. The molecule has 2 heterocycles. The number of carboxylic acid groups (broad SMARTS) is 1. The number of carbonyl (C=O) groups excluding carboxylic acids is 1. The van der Waals surface area contributed by atoms with Gasteiger partial charge in [0.1, 0.15) is 23.2 Å². The predicted molar refractivity (Wildman–Crippen MR) is 180 cm³/mol. The van der Waals surface area contributed by atoms with Crippen molar-refractivity contribution in [3.63, 3.8) is 0 Å². The molecule has 2 fully saturated rings. The lowest BCUT2D eigenvalue weighted by Crippen LogP contribution is -2.21. The number of rotatable bonds is 9. The Morgan fingerprint density at radius 2 is 1.13 bits per heavy atom. The van der Waals surface area contributed by atoms with Crippen molar-refractivity contribution in [2.24, 2.45) is 11.8 Å². The predicted octanol–water partition coefficient (Wildman–Crippen LogP) is 9.45. The summed E-state index contributed by atoms with van der Waals surface area (Å²) in [7, 11) is 0. The lowest BCUT2D eigenvalue weighted by Gasteiger charge is -2.20. The van der Waals surface area contributed by atoms with Gasteiger partial charge in [-0.05, 0) is 45.8 Å². The summed E-state index contributed by atoms with van der Waals surface area (Å²) in [5.41, 5.74) is -1.19. The second-order valence-corrected chi connectivity index (χ2v) is 13.5. The van der Waals surface area contributed by atoms with Crippen molar-refractivity contribution in [2.75, 3.05) is 0 Å². The number of benzene rings is 4. The van der Waals surface area contributed by atoms with Crippen LogP contribution in [0.15, 0.2) is 120 Å². The highest BCUT2D eigenvalue weighted by molar-refractivity contribution is 7.10. The molecule has 8 rings (SSSR count). The molecule has 1 N–H and O–H groups in total. The van der Waals surface area contributed by atoms with Gasteiger partial charge in [0.05, 0.1) is 5.92 Å². The summed E-state index contributed by atoms with van der Waals surface area (Å²) in [6.07, 6.45) is 1.87. The van der Waals surface area contributed by atoms with Crippen LogP contribution in [0.3, 0.4) is 0 Å². The minimum absolute atomic E-state index is 0.0230. The number of carboxylic acids is 1. The van der Waals surface area contributed by atoms with Crippen molar-refractivity contribution in [2.45, 2.75) is 37.4 Å². The van der Waals surface area contributed by atoms with Crippen LogP contribution in [0.1, 0.15) is 35.9 Å². The molecule has 2 saturated carbocycles. The van der Waals surface area contributed by atoms with Crippen LogP contribution in [0, 0.1) is 11.8 Å². The van der Waals surface area contributed by atoms with Crippen LogP contribution in [0.25, 0.3) is 21.5 Å². The first-order valence-electron chi connectivity index (χ1n) is 15.1. The van der Waals surface area contributed by atoms with Crippen LogP contribution in [0.5, 0.6) is 11.5 Å². The van der Waals surface area contributed by atoms with E-state index < -0.39 is 23.1 Å². The van der Waals surface area contributed by atoms with Crippen LogP contribution >= 0.6 is 22.7 Å². The SMILES string of the molecule is CCC(=O)[C@@H]1C[C@]1(Oc1cccc2ccccc12)c1cccs1.O=C(O)[C@@H]1C[C@]1(Oc1cccc2ccccc12)c1cccs1. The molecule has 4 atom stereocenters. The Morgan fingerprint density at radius 3 is 1.58 bits per heavy atom. The van der Waals surface area contributed by atoms with Gasteiger partial charge < -0.3 is 14.6 Å². The smallest absolute Gasteiger partial charge is 0.311 e. The fraction of sp³-hybridized carbons (Fsp3) is 0.211. The van der Waals surface area contributed by atoms with Crippen molar-refractivity contribution in [1.29, 1.82) is 0 Å². The Balaban J connectivity index is 0.000000145. The number of Topliss-reactive ketones (excluding diaryl/α,β-unsaturated/α-hetero) is 1. The number of aliphatic carboxylic acids is 1. The van der Waals surface area contributed by atoms with Gasteiger partial charge in [-0.1, -0.05) is 91.9 Å². The summed E-state index contributed by atoms with van der Waals surface area (Å²) in [6.45, 7) is 1.93. The molecule has 5 nitrogen and oxygen atoms in total. The number of carbonyl (C=O) groups is 2. The number of thiophene rings is 2. The van der Waals surface area contributed by atoms with Gasteiger partial charge >= 0.3 is 5.97 Å². The minimum Gasteiger partial charge on any atom is -0.481 e. The first-order chi connectivity index (χ1) is 21.9. The fourth-order valence-corrected chi connectivity index (χ4v) is 8.12. The minimum atomic E-state index is -0.798. The number of ketones is 1. The highest BCUT2D eigenvalue weighted by atomic mass is 32.1. The second kappa shape index (κ2) is 11.8. The van der Waals surface area contributed by atoms with Gasteiger partial charge in [-0.3, -0.25) is 9.59 Å².